The molecular formula is C23H24BrN5O3. The fourth-order valence-corrected chi connectivity index (χ4v) is 5.02. The van der Waals surface area contributed by atoms with E-state index in [9.17, 15) is 14.7 Å². The average Bonchev–Trinajstić information content (AvgIpc) is 3.56. The molecule has 2 fully saturated rings. The van der Waals surface area contributed by atoms with Gasteiger partial charge in [-0.15, -0.1) is 0 Å². The van der Waals surface area contributed by atoms with Gasteiger partial charge in [0.2, 0.25) is 5.91 Å². The zero-order chi connectivity index (χ0) is 22.2. The van der Waals surface area contributed by atoms with Crippen LogP contribution in [0.3, 0.4) is 0 Å². The summed E-state index contributed by atoms with van der Waals surface area (Å²) >= 11 is 3.67. The highest BCUT2D eigenvalue weighted by atomic mass is 79.9. The van der Waals surface area contributed by atoms with Crippen molar-refractivity contribution in [2.45, 2.75) is 31.7 Å². The van der Waals surface area contributed by atoms with Crippen molar-refractivity contribution < 1.29 is 14.7 Å². The number of aromatic amines is 1. The van der Waals surface area contributed by atoms with Gasteiger partial charge in [-0.25, -0.2) is 9.78 Å². The predicted molar refractivity (Wildman–Crippen MR) is 127 cm³/mol. The number of hydrogen-bond acceptors (Lipinski definition) is 4. The molecule has 2 aliphatic rings. The third kappa shape index (κ3) is 3.92. The first kappa shape index (κ1) is 20.8. The Morgan fingerprint density at radius 1 is 1.22 bits per heavy atom. The van der Waals surface area contributed by atoms with Crippen molar-refractivity contribution in [3.8, 4) is 0 Å². The number of para-hydroxylation sites is 1. The third-order valence-corrected chi connectivity index (χ3v) is 6.66. The average molecular weight is 498 g/mol. The van der Waals surface area contributed by atoms with E-state index in [0.717, 1.165) is 59.1 Å². The lowest BCUT2D eigenvalue weighted by Crippen LogP contribution is -2.47. The van der Waals surface area contributed by atoms with Crippen LogP contribution in [0.2, 0.25) is 0 Å². The lowest BCUT2D eigenvalue weighted by Gasteiger charge is -2.35. The van der Waals surface area contributed by atoms with E-state index in [-0.39, 0.29) is 17.9 Å². The quantitative estimate of drug-likeness (QED) is 0.476. The number of nitrogens with one attached hydrogen (secondary N) is 2. The molecule has 1 saturated heterocycles. The Balaban J connectivity index is 1.62. The van der Waals surface area contributed by atoms with Crippen LogP contribution in [-0.2, 0) is 4.79 Å². The van der Waals surface area contributed by atoms with Gasteiger partial charge < -0.3 is 20.3 Å². The molecule has 2 amide bonds. The third-order valence-electron chi connectivity index (χ3n) is 6.08. The molecule has 5 rings (SSSR count). The number of carbonyl (C=O) groups excluding carboxylic acids is 1. The molecule has 1 aliphatic heterocycles. The van der Waals surface area contributed by atoms with Crippen LogP contribution in [0.1, 0.15) is 25.7 Å². The molecule has 1 saturated carbocycles. The molecular weight excluding hydrogens is 474 g/mol. The summed E-state index contributed by atoms with van der Waals surface area (Å²) in [6, 6.07) is 9.52. The summed E-state index contributed by atoms with van der Waals surface area (Å²) in [7, 11) is 0. The number of benzene rings is 1. The van der Waals surface area contributed by atoms with Crippen LogP contribution in [0, 0.1) is 5.92 Å². The molecule has 3 N–H and O–H groups in total. The number of pyridine rings is 1. The summed E-state index contributed by atoms with van der Waals surface area (Å²) in [5.74, 6) is 0.134. The van der Waals surface area contributed by atoms with E-state index >= 15 is 0 Å². The lowest BCUT2D eigenvalue weighted by molar-refractivity contribution is -0.119. The van der Waals surface area contributed by atoms with E-state index in [1.165, 1.54) is 0 Å². The first-order valence-corrected chi connectivity index (χ1v) is 11.6. The van der Waals surface area contributed by atoms with Crippen molar-refractivity contribution in [2.24, 2.45) is 5.92 Å². The number of rotatable bonds is 5. The molecule has 9 heteroatoms. The standard InChI is InChI=1S/C23H24BrN5O3/c24-17-11-25-21-19(20(17)28-10-4-5-15(13-28)27-23(31)32)18(12-26-21)29(22(30)14-8-9-14)16-6-2-1-3-7-16/h1-3,6-7,11-12,14-15,27H,4-5,8-10,13H2,(H,25,26)(H,31,32)/t15-/m1/s1. The zero-order valence-electron chi connectivity index (χ0n) is 17.4. The summed E-state index contributed by atoms with van der Waals surface area (Å²) < 4.78 is 0.814. The second kappa shape index (κ2) is 8.46. The Bertz CT molecular complexity index is 1160. The molecule has 0 bridgehead atoms. The van der Waals surface area contributed by atoms with E-state index in [1.807, 2.05) is 36.5 Å². The first-order valence-electron chi connectivity index (χ1n) is 10.8. The summed E-state index contributed by atoms with van der Waals surface area (Å²) in [4.78, 5) is 36.3. The first-order chi connectivity index (χ1) is 15.5. The number of carboxylic acid groups (broad SMARTS) is 1. The van der Waals surface area contributed by atoms with Crippen molar-refractivity contribution in [3.05, 3.63) is 47.2 Å². The number of H-pyrrole nitrogens is 1. The normalized spacial score (nSPS) is 18.5. The van der Waals surface area contributed by atoms with E-state index in [1.54, 1.807) is 11.1 Å². The number of nitrogens with zero attached hydrogens (tertiary/aromatic N) is 3. The van der Waals surface area contributed by atoms with Crippen molar-refractivity contribution in [1.82, 2.24) is 15.3 Å². The summed E-state index contributed by atoms with van der Waals surface area (Å²) in [5, 5.41) is 12.7. The van der Waals surface area contributed by atoms with E-state index in [0.29, 0.717) is 12.2 Å². The van der Waals surface area contributed by atoms with Gasteiger partial charge in [-0.2, -0.15) is 0 Å². The maximum absolute atomic E-state index is 13.4. The lowest BCUT2D eigenvalue weighted by atomic mass is 10.0. The Hall–Kier alpha value is -3.07. The van der Waals surface area contributed by atoms with E-state index in [2.05, 4.69) is 36.1 Å². The number of fused-ring (bicyclic) bond motifs is 1. The second-order valence-electron chi connectivity index (χ2n) is 8.37. The highest BCUT2D eigenvalue weighted by Gasteiger charge is 2.36. The number of hydrogen-bond donors (Lipinski definition) is 3. The van der Waals surface area contributed by atoms with E-state index < -0.39 is 6.09 Å². The van der Waals surface area contributed by atoms with Crippen LogP contribution in [0.15, 0.2) is 47.2 Å². The number of amides is 2. The minimum absolute atomic E-state index is 0.0443. The van der Waals surface area contributed by atoms with Crippen molar-refractivity contribution in [2.75, 3.05) is 22.9 Å². The van der Waals surface area contributed by atoms with Crippen LogP contribution in [-0.4, -0.2) is 46.2 Å². The maximum Gasteiger partial charge on any atom is 0.404 e. The maximum atomic E-state index is 13.4. The molecule has 0 unspecified atom stereocenters. The van der Waals surface area contributed by atoms with Crippen LogP contribution < -0.4 is 15.1 Å². The topological polar surface area (TPSA) is 102 Å². The number of aromatic nitrogens is 2. The summed E-state index contributed by atoms with van der Waals surface area (Å²) in [5.41, 5.74) is 3.20. The smallest absolute Gasteiger partial charge is 0.404 e. The van der Waals surface area contributed by atoms with Gasteiger partial charge in [-0.3, -0.25) is 9.69 Å². The van der Waals surface area contributed by atoms with E-state index in [4.69, 9.17) is 0 Å². The molecule has 1 atom stereocenters. The van der Waals surface area contributed by atoms with Crippen molar-refractivity contribution in [1.29, 1.82) is 0 Å². The Kier molecular flexibility index (Phi) is 5.50. The van der Waals surface area contributed by atoms with Crippen molar-refractivity contribution in [3.63, 3.8) is 0 Å². The minimum atomic E-state index is -1.01. The van der Waals surface area contributed by atoms with Gasteiger partial charge in [0, 0.05) is 43.1 Å². The van der Waals surface area contributed by atoms with Crippen LogP contribution >= 0.6 is 15.9 Å². The fraction of sp³-hybridized carbons (Fsp3) is 0.348. The number of piperidine rings is 1. The largest absolute Gasteiger partial charge is 0.465 e. The number of halogens is 1. The van der Waals surface area contributed by atoms with Gasteiger partial charge in [-0.05, 0) is 53.7 Å². The number of anilines is 3. The zero-order valence-corrected chi connectivity index (χ0v) is 19.0. The SMILES string of the molecule is O=C(O)N[C@@H]1CCCN(c2c(Br)cnc3[nH]cc(N(C(=O)C4CC4)c4ccccc4)c23)C1. The molecule has 1 aliphatic carbocycles. The van der Waals surface area contributed by atoms with Gasteiger partial charge in [0.05, 0.1) is 21.2 Å². The van der Waals surface area contributed by atoms with Gasteiger partial charge in [-0.1, -0.05) is 18.2 Å². The second-order valence-corrected chi connectivity index (χ2v) is 9.22. The Labute approximate surface area is 193 Å². The highest BCUT2D eigenvalue weighted by molar-refractivity contribution is 9.10. The Morgan fingerprint density at radius 3 is 2.72 bits per heavy atom. The molecule has 0 spiro atoms. The van der Waals surface area contributed by atoms with Crippen LogP contribution in [0.5, 0.6) is 0 Å². The minimum Gasteiger partial charge on any atom is -0.465 e. The molecule has 3 aromatic rings. The summed E-state index contributed by atoms with van der Waals surface area (Å²) in [6.45, 7) is 1.35. The molecule has 2 aromatic heterocycles. The molecule has 1 aromatic carbocycles. The molecule has 32 heavy (non-hydrogen) atoms. The Morgan fingerprint density at radius 2 is 2.00 bits per heavy atom. The molecule has 8 nitrogen and oxygen atoms in total. The van der Waals surface area contributed by atoms with Crippen LogP contribution in [0.25, 0.3) is 11.0 Å². The van der Waals surface area contributed by atoms with Gasteiger partial charge >= 0.3 is 6.09 Å². The van der Waals surface area contributed by atoms with Crippen LogP contribution in [0.4, 0.5) is 21.9 Å². The molecule has 166 valence electrons. The fourth-order valence-electron chi connectivity index (χ4n) is 4.47. The summed E-state index contributed by atoms with van der Waals surface area (Å²) in [6.07, 6.45) is 6.07. The van der Waals surface area contributed by atoms with Crippen molar-refractivity contribution >= 4 is 56.0 Å². The van der Waals surface area contributed by atoms with Gasteiger partial charge in [0.1, 0.15) is 5.65 Å². The predicted octanol–water partition coefficient (Wildman–Crippen LogP) is 4.64. The highest BCUT2D eigenvalue weighted by Crippen LogP contribution is 2.44. The van der Waals surface area contributed by atoms with Gasteiger partial charge in [0.15, 0.2) is 0 Å². The van der Waals surface area contributed by atoms with Gasteiger partial charge in [0.25, 0.3) is 0 Å². The monoisotopic (exact) mass is 497 g/mol. The number of carbonyl (C=O) groups is 2. The molecule has 0 radical (unpaired) electrons. The molecule has 3 heterocycles.